The molecule has 0 saturated carbocycles. The molecular weight excluding hydrogens is 348 g/mol. The van der Waals surface area contributed by atoms with Crippen LogP contribution < -0.4 is 0 Å². The monoisotopic (exact) mass is 388 g/mol. The molecule has 0 aliphatic carbocycles. The van der Waals surface area contributed by atoms with Crippen LogP contribution in [0.1, 0.15) is 80.1 Å². The second kappa shape index (κ2) is 10.7. The Morgan fingerprint density at radius 2 is 1.81 bits per heavy atom. The molecule has 2 unspecified atom stereocenters. The second-order valence-electron chi connectivity index (χ2n) is 9.31. The van der Waals surface area contributed by atoms with E-state index < -0.39 is 12.1 Å². The molecule has 1 heterocycles. The zero-order valence-electron chi connectivity index (χ0n) is 18.0. The maximum atomic E-state index is 10.6. The molecule has 0 aromatic heterocycles. The van der Waals surface area contributed by atoms with Crippen molar-refractivity contribution in [2.24, 2.45) is 5.41 Å². The van der Waals surface area contributed by atoms with Gasteiger partial charge >= 0.3 is 5.97 Å². The van der Waals surface area contributed by atoms with Gasteiger partial charge < -0.3 is 24.4 Å². The van der Waals surface area contributed by atoms with E-state index in [1.807, 2.05) is 0 Å². The molecule has 0 spiro atoms. The molecule has 6 heteroatoms. The third-order valence-electron chi connectivity index (χ3n) is 5.20. The fourth-order valence-electron chi connectivity index (χ4n) is 3.28. The molecule has 1 aliphatic rings. The summed E-state index contributed by atoms with van der Waals surface area (Å²) in [6, 6.07) is 0. The summed E-state index contributed by atoms with van der Waals surface area (Å²) in [7, 11) is 0. The van der Waals surface area contributed by atoms with Crippen LogP contribution in [0.25, 0.3) is 0 Å². The Balaban J connectivity index is 2.58. The third kappa shape index (κ3) is 8.90. The molecule has 0 aromatic carbocycles. The zero-order valence-corrected chi connectivity index (χ0v) is 18.0. The molecule has 0 radical (unpaired) electrons. The average Bonchev–Trinajstić information content (AvgIpc) is 2.53. The minimum absolute atomic E-state index is 0.167. The lowest BCUT2D eigenvalue weighted by molar-refractivity contribution is -0.242. The molecule has 1 saturated heterocycles. The number of hydrogen-bond donors (Lipinski definition) is 2. The van der Waals surface area contributed by atoms with Crippen molar-refractivity contribution in [1.29, 1.82) is 0 Å². The molecule has 1 rings (SSSR count). The summed E-state index contributed by atoms with van der Waals surface area (Å²) in [5.41, 5.74) is -0.447. The number of carbonyl (C=O) groups is 1. The highest BCUT2D eigenvalue weighted by molar-refractivity contribution is 5.66. The van der Waals surface area contributed by atoms with Crippen LogP contribution in [-0.2, 0) is 19.0 Å². The fourth-order valence-corrected chi connectivity index (χ4v) is 3.28. The standard InChI is InChI=1S/C21H40O6/c1-7-21(5,6)27-16-13-15(22)19(20(2,3)4)26-17(16)14-25-12-10-8-9-11-18(23)24/h15-17,19,22H,7-14H2,1-6H3,(H,23,24)/t15-,16-,17?,19?/m0/s1. The van der Waals surface area contributed by atoms with Gasteiger partial charge in [-0.3, -0.25) is 4.79 Å². The summed E-state index contributed by atoms with van der Waals surface area (Å²) >= 11 is 0. The number of ether oxygens (including phenoxy) is 3. The van der Waals surface area contributed by atoms with Gasteiger partial charge in [-0.15, -0.1) is 0 Å². The molecular formula is C21H40O6. The van der Waals surface area contributed by atoms with E-state index in [0.29, 0.717) is 26.1 Å². The summed E-state index contributed by atoms with van der Waals surface area (Å²) in [6.07, 6.45) is 2.72. The number of aliphatic hydroxyl groups is 1. The Morgan fingerprint density at radius 1 is 1.15 bits per heavy atom. The van der Waals surface area contributed by atoms with Crippen molar-refractivity contribution < 1.29 is 29.2 Å². The number of hydrogen-bond acceptors (Lipinski definition) is 5. The van der Waals surface area contributed by atoms with Crippen molar-refractivity contribution in [1.82, 2.24) is 0 Å². The van der Waals surface area contributed by atoms with Gasteiger partial charge in [0.2, 0.25) is 0 Å². The lowest BCUT2D eigenvalue weighted by atomic mass is 9.81. The predicted octanol–water partition coefficient (Wildman–Crippen LogP) is 3.79. The van der Waals surface area contributed by atoms with Gasteiger partial charge in [-0.05, 0) is 38.5 Å². The van der Waals surface area contributed by atoms with Crippen LogP contribution in [0.4, 0.5) is 0 Å². The highest BCUT2D eigenvalue weighted by atomic mass is 16.6. The molecule has 0 aromatic rings. The van der Waals surface area contributed by atoms with E-state index in [1.165, 1.54) is 0 Å². The Morgan fingerprint density at radius 3 is 2.37 bits per heavy atom. The smallest absolute Gasteiger partial charge is 0.303 e. The van der Waals surface area contributed by atoms with Crippen LogP contribution >= 0.6 is 0 Å². The Bertz CT molecular complexity index is 442. The van der Waals surface area contributed by atoms with Crippen LogP contribution in [0.15, 0.2) is 0 Å². The van der Waals surface area contributed by atoms with E-state index in [1.54, 1.807) is 0 Å². The van der Waals surface area contributed by atoms with Crippen molar-refractivity contribution in [3.05, 3.63) is 0 Å². The summed E-state index contributed by atoms with van der Waals surface area (Å²) in [5.74, 6) is -0.753. The van der Waals surface area contributed by atoms with E-state index in [4.69, 9.17) is 19.3 Å². The Hall–Kier alpha value is -0.690. The number of rotatable bonds is 11. The average molecular weight is 389 g/mol. The van der Waals surface area contributed by atoms with Crippen LogP contribution in [0.2, 0.25) is 0 Å². The fraction of sp³-hybridized carbons (Fsp3) is 0.952. The molecule has 1 aliphatic heterocycles. The molecule has 6 nitrogen and oxygen atoms in total. The second-order valence-corrected chi connectivity index (χ2v) is 9.31. The maximum absolute atomic E-state index is 10.6. The van der Waals surface area contributed by atoms with Crippen molar-refractivity contribution >= 4 is 5.97 Å². The lowest BCUT2D eigenvalue weighted by Gasteiger charge is -2.46. The number of unbranched alkanes of at least 4 members (excludes halogenated alkanes) is 2. The molecule has 4 atom stereocenters. The van der Waals surface area contributed by atoms with E-state index in [2.05, 4.69) is 41.5 Å². The first-order valence-electron chi connectivity index (χ1n) is 10.3. The van der Waals surface area contributed by atoms with Crippen LogP contribution in [0, 0.1) is 5.41 Å². The summed E-state index contributed by atoms with van der Waals surface area (Å²) in [6.45, 7) is 13.4. The van der Waals surface area contributed by atoms with Crippen molar-refractivity contribution in [3.63, 3.8) is 0 Å². The predicted molar refractivity (Wildman–Crippen MR) is 105 cm³/mol. The van der Waals surface area contributed by atoms with Gasteiger partial charge in [-0.1, -0.05) is 34.1 Å². The van der Waals surface area contributed by atoms with E-state index >= 15 is 0 Å². The SMILES string of the molecule is CCC(C)(C)O[C@H]1C[C@H](O)C(C(C)(C)C)OC1COCCCCCC(=O)O. The molecule has 27 heavy (non-hydrogen) atoms. The van der Waals surface area contributed by atoms with Gasteiger partial charge in [-0.25, -0.2) is 0 Å². The molecule has 0 amide bonds. The van der Waals surface area contributed by atoms with Crippen molar-refractivity contribution in [2.45, 2.75) is 110 Å². The van der Waals surface area contributed by atoms with Gasteiger partial charge in [0, 0.05) is 19.4 Å². The molecule has 1 fully saturated rings. The minimum atomic E-state index is -0.753. The van der Waals surface area contributed by atoms with E-state index in [0.717, 1.165) is 19.3 Å². The Kier molecular flexibility index (Phi) is 9.69. The van der Waals surface area contributed by atoms with Gasteiger partial charge in [0.05, 0.1) is 30.5 Å². The summed E-state index contributed by atoms with van der Waals surface area (Å²) in [5, 5.41) is 19.2. The summed E-state index contributed by atoms with van der Waals surface area (Å²) < 4.78 is 18.3. The number of carboxylic acid groups (broad SMARTS) is 1. The number of aliphatic carboxylic acids is 1. The summed E-state index contributed by atoms with van der Waals surface area (Å²) in [4.78, 5) is 10.5. The first-order valence-corrected chi connectivity index (χ1v) is 10.3. The van der Waals surface area contributed by atoms with E-state index in [-0.39, 0.29) is 35.7 Å². The minimum Gasteiger partial charge on any atom is -0.481 e. The number of aliphatic hydroxyl groups excluding tert-OH is 1. The maximum Gasteiger partial charge on any atom is 0.303 e. The van der Waals surface area contributed by atoms with Gasteiger partial charge in [0.25, 0.3) is 0 Å². The zero-order chi connectivity index (χ0) is 20.7. The highest BCUT2D eigenvalue weighted by Crippen LogP contribution is 2.35. The largest absolute Gasteiger partial charge is 0.481 e. The first kappa shape index (κ1) is 24.3. The first-order chi connectivity index (χ1) is 12.5. The molecule has 2 N–H and O–H groups in total. The van der Waals surface area contributed by atoms with E-state index in [9.17, 15) is 9.90 Å². The number of carboxylic acids is 1. The highest BCUT2D eigenvalue weighted by Gasteiger charge is 2.44. The molecule has 0 bridgehead atoms. The van der Waals surface area contributed by atoms with Crippen molar-refractivity contribution in [2.75, 3.05) is 13.2 Å². The third-order valence-corrected chi connectivity index (χ3v) is 5.20. The molecule has 160 valence electrons. The van der Waals surface area contributed by atoms with Crippen molar-refractivity contribution in [3.8, 4) is 0 Å². The van der Waals surface area contributed by atoms with Crippen LogP contribution in [0.5, 0.6) is 0 Å². The van der Waals surface area contributed by atoms with Gasteiger partial charge in [0.15, 0.2) is 0 Å². The normalized spacial score (nSPS) is 26.9. The van der Waals surface area contributed by atoms with Crippen LogP contribution in [-0.4, -0.2) is 59.4 Å². The Labute approximate surface area is 164 Å². The van der Waals surface area contributed by atoms with Crippen LogP contribution in [0.3, 0.4) is 0 Å². The van der Waals surface area contributed by atoms with Gasteiger partial charge in [0.1, 0.15) is 6.10 Å². The lowest BCUT2D eigenvalue weighted by Crippen LogP contribution is -2.55. The quantitative estimate of drug-likeness (QED) is 0.524. The van der Waals surface area contributed by atoms with Gasteiger partial charge in [-0.2, -0.15) is 0 Å². The topological polar surface area (TPSA) is 85.2 Å².